The molecule has 0 N–H and O–H groups in total. The summed E-state index contributed by atoms with van der Waals surface area (Å²) >= 11 is 0. The molecule has 0 saturated carbocycles. The fourth-order valence-electron chi connectivity index (χ4n) is 7.46. The maximum absolute atomic E-state index is 6.21. The predicted molar refractivity (Wildman–Crippen MR) is 196 cm³/mol. The van der Waals surface area contributed by atoms with Gasteiger partial charge in [-0.15, -0.1) is 0 Å². The number of furan rings is 1. The monoisotopic (exact) mass is 585 g/mol. The SMILES string of the molecule is c1ccc2c(N(c3ccc4c(ccc5ccc6ccc7ccccc7c6c54)c3)c3ccc4oc5ccccc5c4c3)cccc2c1. The van der Waals surface area contributed by atoms with Crippen LogP contribution >= 0.6 is 0 Å². The van der Waals surface area contributed by atoms with E-state index in [4.69, 9.17) is 4.42 Å². The summed E-state index contributed by atoms with van der Waals surface area (Å²) in [7, 11) is 0. The van der Waals surface area contributed by atoms with Crippen LogP contribution < -0.4 is 4.90 Å². The molecular formula is C44H27NO. The van der Waals surface area contributed by atoms with Crippen molar-refractivity contribution >= 4 is 92.9 Å². The third kappa shape index (κ3) is 3.71. The number of anilines is 3. The molecule has 0 atom stereocenters. The van der Waals surface area contributed by atoms with Crippen LogP contribution in [0, 0.1) is 0 Å². The minimum Gasteiger partial charge on any atom is -0.456 e. The second-order valence-electron chi connectivity index (χ2n) is 12.1. The van der Waals surface area contributed by atoms with E-state index in [1.807, 2.05) is 12.1 Å². The summed E-state index contributed by atoms with van der Waals surface area (Å²) in [6, 6.07) is 59.2. The van der Waals surface area contributed by atoms with Crippen molar-refractivity contribution in [2.24, 2.45) is 0 Å². The molecule has 10 aromatic rings. The van der Waals surface area contributed by atoms with Crippen LogP contribution in [0.15, 0.2) is 168 Å². The smallest absolute Gasteiger partial charge is 0.135 e. The Morgan fingerprint density at radius 1 is 0.326 bits per heavy atom. The third-order valence-electron chi connectivity index (χ3n) is 9.57. The number of nitrogens with zero attached hydrogens (tertiary/aromatic N) is 1. The molecule has 46 heavy (non-hydrogen) atoms. The average Bonchev–Trinajstić information content (AvgIpc) is 3.49. The van der Waals surface area contributed by atoms with Crippen LogP contribution in [0.3, 0.4) is 0 Å². The van der Waals surface area contributed by atoms with E-state index >= 15 is 0 Å². The van der Waals surface area contributed by atoms with E-state index in [1.165, 1.54) is 53.9 Å². The van der Waals surface area contributed by atoms with Gasteiger partial charge >= 0.3 is 0 Å². The van der Waals surface area contributed by atoms with Gasteiger partial charge in [-0.2, -0.15) is 0 Å². The van der Waals surface area contributed by atoms with Crippen molar-refractivity contribution in [2.75, 3.05) is 4.90 Å². The fourth-order valence-corrected chi connectivity index (χ4v) is 7.46. The van der Waals surface area contributed by atoms with Crippen molar-refractivity contribution in [1.82, 2.24) is 0 Å². The van der Waals surface area contributed by atoms with Crippen LogP contribution in [-0.4, -0.2) is 0 Å². The van der Waals surface area contributed by atoms with Crippen LogP contribution in [0.1, 0.15) is 0 Å². The van der Waals surface area contributed by atoms with Crippen molar-refractivity contribution in [2.45, 2.75) is 0 Å². The van der Waals surface area contributed by atoms with Crippen LogP contribution in [0.5, 0.6) is 0 Å². The molecule has 0 fully saturated rings. The van der Waals surface area contributed by atoms with E-state index < -0.39 is 0 Å². The predicted octanol–water partition coefficient (Wildman–Crippen LogP) is 12.8. The second-order valence-corrected chi connectivity index (χ2v) is 12.1. The summed E-state index contributed by atoms with van der Waals surface area (Å²) in [5.41, 5.74) is 5.14. The largest absolute Gasteiger partial charge is 0.456 e. The zero-order valence-electron chi connectivity index (χ0n) is 24.9. The first-order chi connectivity index (χ1) is 22.8. The van der Waals surface area contributed by atoms with E-state index in [0.717, 1.165) is 39.0 Å². The van der Waals surface area contributed by atoms with Crippen molar-refractivity contribution in [1.29, 1.82) is 0 Å². The Morgan fingerprint density at radius 2 is 0.870 bits per heavy atom. The van der Waals surface area contributed by atoms with E-state index in [-0.39, 0.29) is 0 Å². The molecular weight excluding hydrogens is 558 g/mol. The molecule has 9 aromatic carbocycles. The summed E-state index contributed by atoms with van der Waals surface area (Å²) in [5.74, 6) is 0. The van der Waals surface area contributed by atoms with Gasteiger partial charge in [0, 0.05) is 27.5 Å². The topological polar surface area (TPSA) is 16.4 Å². The standard InChI is InChI=1S/C44H27NO/c1-3-11-35-28(8-1)10-7-14-40(35)45(34-23-25-42-39(27-34)38-13-5-6-15-41(38)46-42)33-22-24-37-32(26-33)21-20-31-19-18-30-17-16-29-9-2-4-12-36(29)43(30)44(31)37/h1-27H. The fraction of sp³-hybridized carbons (Fsp3) is 0. The van der Waals surface area contributed by atoms with Gasteiger partial charge in [-0.3, -0.25) is 0 Å². The zero-order chi connectivity index (χ0) is 30.2. The van der Waals surface area contributed by atoms with E-state index in [1.54, 1.807) is 0 Å². The van der Waals surface area contributed by atoms with Gasteiger partial charge in [-0.1, -0.05) is 121 Å². The van der Waals surface area contributed by atoms with Gasteiger partial charge in [0.2, 0.25) is 0 Å². The molecule has 0 saturated heterocycles. The summed E-state index contributed by atoms with van der Waals surface area (Å²) in [4.78, 5) is 2.39. The average molecular weight is 586 g/mol. The molecule has 0 bridgehead atoms. The molecule has 2 nitrogen and oxygen atoms in total. The molecule has 0 aliphatic carbocycles. The van der Waals surface area contributed by atoms with Gasteiger partial charge in [0.1, 0.15) is 11.2 Å². The number of fused-ring (bicyclic) bond motifs is 11. The van der Waals surface area contributed by atoms with Gasteiger partial charge in [-0.25, -0.2) is 0 Å². The molecule has 214 valence electrons. The van der Waals surface area contributed by atoms with Gasteiger partial charge in [0.25, 0.3) is 0 Å². The molecule has 0 spiro atoms. The minimum atomic E-state index is 0.895. The molecule has 0 radical (unpaired) electrons. The van der Waals surface area contributed by atoms with Crippen LogP contribution in [0.25, 0.3) is 75.8 Å². The first-order valence-corrected chi connectivity index (χ1v) is 15.8. The summed E-state index contributed by atoms with van der Waals surface area (Å²) in [5, 5.41) is 14.8. The van der Waals surface area contributed by atoms with E-state index in [0.29, 0.717) is 0 Å². The number of hydrogen-bond donors (Lipinski definition) is 0. The first kappa shape index (κ1) is 25.2. The normalized spacial score (nSPS) is 11.9. The number of benzene rings is 9. The van der Waals surface area contributed by atoms with Gasteiger partial charge < -0.3 is 9.32 Å². The Labute approximate surface area is 265 Å². The highest BCUT2D eigenvalue weighted by molar-refractivity contribution is 6.27. The maximum atomic E-state index is 6.21. The second kappa shape index (κ2) is 9.69. The van der Waals surface area contributed by atoms with Gasteiger partial charge in [0.15, 0.2) is 0 Å². The summed E-state index contributed by atoms with van der Waals surface area (Å²) in [6.45, 7) is 0. The number of para-hydroxylation sites is 1. The van der Waals surface area contributed by atoms with Crippen LogP contribution in [0.2, 0.25) is 0 Å². The molecule has 0 aliphatic heterocycles. The lowest BCUT2D eigenvalue weighted by Crippen LogP contribution is -2.10. The molecule has 0 amide bonds. The Kier molecular flexibility index (Phi) is 5.31. The van der Waals surface area contributed by atoms with Gasteiger partial charge in [-0.05, 0) is 90.9 Å². The lowest BCUT2D eigenvalue weighted by atomic mass is 9.93. The first-order valence-electron chi connectivity index (χ1n) is 15.8. The van der Waals surface area contributed by atoms with Crippen LogP contribution in [0.4, 0.5) is 17.1 Å². The Hall–Kier alpha value is -6.12. The lowest BCUT2D eigenvalue weighted by molar-refractivity contribution is 0.669. The Bertz CT molecular complexity index is 2810. The Morgan fingerprint density at radius 3 is 1.67 bits per heavy atom. The van der Waals surface area contributed by atoms with Gasteiger partial charge in [0.05, 0.1) is 5.69 Å². The highest BCUT2D eigenvalue weighted by Gasteiger charge is 2.18. The maximum Gasteiger partial charge on any atom is 0.135 e. The summed E-state index contributed by atoms with van der Waals surface area (Å²) in [6.07, 6.45) is 0. The van der Waals surface area contributed by atoms with Crippen molar-refractivity contribution in [3.05, 3.63) is 164 Å². The summed E-state index contributed by atoms with van der Waals surface area (Å²) < 4.78 is 6.21. The molecule has 0 aliphatic rings. The molecule has 0 unspecified atom stereocenters. The van der Waals surface area contributed by atoms with E-state index in [9.17, 15) is 0 Å². The van der Waals surface area contributed by atoms with E-state index in [2.05, 4.69) is 157 Å². The number of hydrogen-bond acceptors (Lipinski definition) is 2. The molecule has 10 rings (SSSR count). The molecule has 2 heteroatoms. The van der Waals surface area contributed by atoms with Crippen molar-refractivity contribution < 1.29 is 4.42 Å². The van der Waals surface area contributed by atoms with Crippen molar-refractivity contribution in [3.8, 4) is 0 Å². The van der Waals surface area contributed by atoms with Crippen LogP contribution in [-0.2, 0) is 0 Å². The Balaban J connectivity index is 1.26. The lowest BCUT2D eigenvalue weighted by Gasteiger charge is -2.27. The highest BCUT2D eigenvalue weighted by Crippen LogP contribution is 2.43. The minimum absolute atomic E-state index is 0.895. The highest BCUT2D eigenvalue weighted by atomic mass is 16.3. The zero-order valence-corrected chi connectivity index (χ0v) is 24.9. The molecule has 1 heterocycles. The van der Waals surface area contributed by atoms with Crippen molar-refractivity contribution in [3.63, 3.8) is 0 Å². The quantitative estimate of drug-likeness (QED) is 0.192. The molecule has 1 aromatic heterocycles. The number of rotatable bonds is 3. The third-order valence-corrected chi connectivity index (χ3v) is 9.57.